The molecule has 1 unspecified atom stereocenters. The molecule has 5 rings (SSSR count). The molecule has 0 N–H and O–H groups in total. The monoisotopic (exact) mass is 372 g/mol. The third kappa shape index (κ3) is 2.64. The standard InChI is InChI=1S/C22H28O5/c1-19(2)10-6-11-20(3)22(19)14-13-21(25-20,26-27-22)12-9-16-7-8-17(23-4)18(15-16)24-5/h7-9,12-15H,6,10-11H2,1-5H3/b12-9+/t20-,21-,22?/m0/s1. The van der Waals surface area contributed by atoms with Gasteiger partial charge in [-0.05, 0) is 62.1 Å². The SMILES string of the molecule is COc1ccc(/C=C/[C@@]23C=CC4(OO2)C(C)(C)CCC[C@]4(C)O3)cc1OC. The van der Waals surface area contributed by atoms with Crippen LogP contribution in [0.3, 0.4) is 0 Å². The fourth-order valence-corrected chi connectivity index (χ4v) is 4.79. The molecule has 5 heteroatoms. The maximum atomic E-state index is 6.54. The summed E-state index contributed by atoms with van der Waals surface area (Å²) in [5, 5.41) is 0. The van der Waals surface area contributed by atoms with E-state index < -0.39 is 17.0 Å². The summed E-state index contributed by atoms with van der Waals surface area (Å²) in [4.78, 5) is 11.8. The lowest BCUT2D eigenvalue weighted by Gasteiger charge is -2.64. The molecule has 27 heavy (non-hydrogen) atoms. The number of fused-ring (bicyclic) bond motifs is 1. The molecule has 3 aliphatic heterocycles. The van der Waals surface area contributed by atoms with E-state index in [-0.39, 0.29) is 5.41 Å². The second kappa shape index (κ2) is 6.09. The van der Waals surface area contributed by atoms with Crippen LogP contribution in [-0.2, 0) is 14.5 Å². The van der Waals surface area contributed by atoms with E-state index in [2.05, 4.69) is 26.8 Å². The molecule has 1 aliphatic carbocycles. The van der Waals surface area contributed by atoms with Crippen LogP contribution in [0, 0.1) is 5.41 Å². The van der Waals surface area contributed by atoms with Gasteiger partial charge < -0.3 is 14.2 Å². The van der Waals surface area contributed by atoms with Crippen molar-refractivity contribution in [3.63, 3.8) is 0 Å². The van der Waals surface area contributed by atoms with Gasteiger partial charge in [0.2, 0.25) is 5.79 Å². The summed E-state index contributed by atoms with van der Waals surface area (Å²) in [6.07, 6.45) is 11.1. The molecule has 1 saturated heterocycles. The van der Waals surface area contributed by atoms with Gasteiger partial charge >= 0.3 is 0 Å². The number of rotatable bonds is 4. The second-order valence-corrected chi connectivity index (χ2v) is 8.48. The third-order valence-corrected chi connectivity index (χ3v) is 6.40. The Morgan fingerprint density at radius 2 is 1.74 bits per heavy atom. The molecule has 1 aromatic carbocycles. The topological polar surface area (TPSA) is 46.2 Å². The Hall–Kier alpha value is -1.82. The van der Waals surface area contributed by atoms with Crippen LogP contribution >= 0.6 is 0 Å². The van der Waals surface area contributed by atoms with Gasteiger partial charge in [0.25, 0.3) is 0 Å². The zero-order chi connectivity index (χ0) is 19.3. The summed E-state index contributed by atoms with van der Waals surface area (Å²) in [6, 6.07) is 5.75. The van der Waals surface area contributed by atoms with E-state index in [9.17, 15) is 0 Å². The van der Waals surface area contributed by atoms with E-state index in [1.807, 2.05) is 36.4 Å². The number of methoxy groups -OCH3 is 2. The lowest BCUT2D eigenvalue weighted by atomic mass is 9.57. The van der Waals surface area contributed by atoms with E-state index in [0.29, 0.717) is 11.5 Å². The summed E-state index contributed by atoms with van der Waals surface area (Å²) in [7, 11) is 3.25. The number of ether oxygens (including phenoxy) is 3. The Morgan fingerprint density at radius 3 is 2.41 bits per heavy atom. The molecule has 2 bridgehead atoms. The maximum Gasteiger partial charge on any atom is 0.241 e. The summed E-state index contributed by atoms with van der Waals surface area (Å²) in [5.41, 5.74) is -0.0871. The molecule has 1 spiro atoms. The van der Waals surface area contributed by atoms with Crippen molar-refractivity contribution in [2.75, 3.05) is 14.2 Å². The van der Waals surface area contributed by atoms with E-state index >= 15 is 0 Å². The minimum Gasteiger partial charge on any atom is -0.493 e. The summed E-state index contributed by atoms with van der Waals surface area (Å²) in [5.74, 6) is 0.357. The van der Waals surface area contributed by atoms with E-state index in [4.69, 9.17) is 24.0 Å². The van der Waals surface area contributed by atoms with Gasteiger partial charge in [0.15, 0.2) is 17.1 Å². The molecule has 0 aromatic heterocycles. The van der Waals surface area contributed by atoms with Crippen LogP contribution in [-0.4, -0.2) is 31.2 Å². The molecule has 1 saturated carbocycles. The zero-order valence-corrected chi connectivity index (χ0v) is 16.7. The fraction of sp³-hybridized carbons (Fsp3) is 0.545. The van der Waals surface area contributed by atoms with Crippen molar-refractivity contribution < 1.29 is 24.0 Å². The minimum absolute atomic E-state index is 0.0594. The van der Waals surface area contributed by atoms with Gasteiger partial charge in [0.05, 0.1) is 14.2 Å². The predicted molar refractivity (Wildman–Crippen MR) is 102 cm³/mol. The third-order valence-electron chi connectivity index (χ3n) is 6.40. The summed E-state index contributed by atoms with van der Waals surface area (Å²) < 4.78 is 17.2. The van der Waals surface area contributed by atoms with Crippen LogP contribution < -0.4 is 9.47 Å². The number of benzene rings is 1. The first-order chi connectivity index (χ1) is 12.8. The van der Waals surface area contributed by atoms with Crippen LogP contribution in [0.1, 0.15) is 45.6 Å². The van der Waals surface area contributed by atoms with Gasteiger partial charge in [-0.15, -0.1) is 0 Å². The van der Waals surface area contributed by atoms with Crippen molar-refractivity contribution in [2.24, 2.45) is 5.41 Å². The largest absolute Gasteiger partial charge is 0.493 e. The molecule has 146 valence electrons. The Morgan fingerprint density at radius 1 is 0.963 bits per heavy atom. The van der Waals surface area contributed by atoms with Crippen LogP contribution in [0.5, 0.6) is 11.5 Å². The van der Waals surface area contributed by atoms with Gasteiger partial charge in [-0.2, -0.15) is 4.89 Å². The highest BCUT2D eigenvalue weighted by atomic mass is 17.3. The van der Waals surface area contributed by atoms with Crippen molar-refractivity contribution in [3.8, 4) is 11.5 Å². The van der Waals surface area contributed by atoms with Gasteiger partial charge in [-0.1, -0.05) is 26.0 Å². The minimum atomic E-state index is -1.02. The normalized spacial score (nSPS) is 36.6. The van der Waals surface area contributed by atoms with Crippen LogP contribution in [0.25, 0.3) is 6.08 Å². The molecule has 0 radical (unpaired) electrons. The second-order valence-electron chi connectivity index (χ2n) is 8.48. The van der Waals surface area contributed by atoms with Crippen molar-refractivity contribution in [1.29, 1.82) is 0 Å². The van der Waals surface area contributed by atoms with Crippen molar-refractivity contribution >= 4 is 6.08 Å². The highest BCUT2D eigenvalue weighted by Crippen LogP contribution is 2.60. The first-order valence-corrected chi connectivity index (χ1v) is 9.47. The molecule has 3 heterocycles. The highest BCUT2D eigenvalue weighted by molar-refractivity contribution is 5.57. The summed E-state index contributed by atoms with van der Waals surface area (Å²) >= 11 is 0. The zero-order valence-electron chi connectivity index (χ0n) is 16.7. The molecular formula is C22H28O5. The molecule has 3 atom stereocenters. The molecule has 0 amide bonds. The van der Waals surface area contributed by atoms with E-state index in [1.165, 1.54) is 0 Å². The molecule has 1 aromatic rings. The van der Waals surface area contributed by atoms with E-state index in [0.717, 1.165) is 24.8 Å². The lowest BCUT2D eigenvalue weighted by molar-refractivity contribution is -0.540. The lowest BCUT2D eigenvalue weighted by Crippen LogP contribution is -2.73. The Bertz CT molecular complexity index is 798. The Balaban J connectivity index is 1.66. The fourth-order valence-electron chi connectivity index (χ4n) is 4.79. The van der Waals surface area contributed by atoms with Crippen LogP contribution in [0.4, 0.5) is 0 Å². The van der Waals surface area contributed by atoms with Gasteiger partial charge in [-0.3, -0.25) is 0 Å². The molecule has 4 aliphatic rings. The van der Waals surface area contributed by atoms with Gasteiger partial charge in [0.1, 0.15) is 5.60 Å². The Labute approximate surface area is 160 Å². The average molecular weight is 372 g/mol. The smallest absolute Gasteiger partial charge is 0.241 e. The maximum absolute atomic E-state index is 6.54. The van der Waals surface area contributed by atoms with Crippen LogP contribution in [0.2, 0.25) is 0 Å². The first-order valence-electron chi connectivity index (χ1n) is 9.47. The van der Waals surface area contributed by atoms with E-state index in [1.54, 1.807) is 14.2 Å². The van der Waals surface area contributed by atoms with Gasteiger partial charge in [0, 0.05) is 5.41 Å². The summed E-state index contributed by atoms with van der Waals surface area (Å²) in [6.45, 7) is 6.58. The number of hydrogen-bond donors (Lipinski definition) is 0. The first kappa shape index (κ1) is 18.5. The van der Waals surface area contributed by atoms with Crippen molar-refractivity contribution in [1.82, 2.24) is 0 Å². The predicted octanol–water partition coefficient (Wildman–Crippen LogP) is 4.67. The van der Waals surface area contributed by atoms with Crippen molar-refractivity contribution in [2.45, 2.75) is 57.0 Å². The molecule has 2 fully saturated rings. The van der Waals surface area contributed by atoms with Crippen molar-refractivity contribution in [3.05, 3.63) is 42.0 Å². The molecular weight excluding hydrogens is 344 g/mol. The molecule has 5 nitrogen and oxygen atoms in total. The van der Waals surface area contributed by atoms with Gasteiger partial charge in [-0.25, -0.2) is 4.89 Å². The quantitative estimate of drug-likeness (QED) is 0.568. The Kier molecular flexibility index (Phi) is 4.18. The highest BCUT2D eigenvalue weighted by Gasteiger charge is 2.68. The average Bonchev–Trinajstić information content (AvgIpc) is 2.66. The number of hydrogen-bond acceptors (Lipinski definition) is 5. The van der Waals surface area contributed by atoms with Crippen LogP contribution in [0.15, 0.2) is 36.4 Å².